The van der Waals surface area contributed by atoms with Gasteiger partial charge in [0.05, 0.1) is 5.75 Å². The molecule has 0 heterocycles. The van der Waals surface area contributed by atoms with Crippen molar-refractivity contribution in [2.24, 2.45) is 22.2 Å². The molecule has 0 radical (unpaired) electrons. The minimum atomic E-state index is -2.93. The van der Waals surface area contributed by atoms with Crippen LogP contribution in [0.25, 0.3) is 0 Å². The third kappa shape index (κ3) is 6.26. The average Bonchev–Trinajstić information content (AvgIpc) is 3.23. The summed E-state index contributed by atoms with van der Waals surface area (Å²) in [5, 5.41) is 6.89. The minimum absolute atomic E-state index is 0.106. The molecule has 5 nitrogen and oxygen atoms in total. The zero-order valence-electron chi connectivity index (χ0n) is 15.8. The molecule has 0 aromatic rings. The van der Waals surface area contributed by atoms with Crippen LogP contribution in [0.4, 0.5) is 0 Å². The van der Waals surface area contributed by atoms with Crippen LogP contribution in [-0.4, -0.2) is 45.5 Å². The van der Waals surface area contributed by atoms with Crippen LogP contribution in [0.15, 0.2) is 4.99 Å². The molecule has 24 heavy (non-hydrogen) atoms. The molecule has 6 heteroatoms. The third-order valence-corrected chi connectivity index (χ3v) is 6.63. The lowest BCUT2D eigenvalue weighted by atomic mass is 9.80. The van der Waals surface area contributed by atoms with E-state index in [1.165, 1.54) is 31.9 Å². The Hall–Kier alpha value is -0.780. The molecule has 0 aromatic carbocycles. The first kappa shape index (κ1) is 19.5. The van der Waals surface area contributed by atoms with E-state index in [-0.39, 0.29) is 11.2 Å². The maximum absolute atomic E-state index is 11.6. The van der Waals surface area contributed by atoms with Crippen molar-refractivity contribution in [3.63, 3.8) is 0 Å². The molecule has 2 saturated carbocycles. The molecular formula is C18H35N3O2S. The van der Waals surface area contributed by atoms with E-state index in [2.05, 4.69) is 31.4 Å². The highest BCUT2D eigenvalue weighted by Crippen LogP contribution is 2.46. The number of hydrogen-bond acceptors (Lipinski definition) is 3. The Morgan fingerprint density at radius 1 is 1.21 bits per heavy atom. The first-order valence-electron chi connectivity index (χ1n) is 9.45. The van der Waals surface area contributed by atoms with E-state index >= 15 is 0 Å². The molecule has 2 aliphatic carbocycles. The van der Waals surface area contributed by atoms with E-state index in [1.54, 1.807) is 0 Å². The van der Waals surface area contributed by atoms with Gasteiger partial charge in [-0.1, -0.05) is 13.8 Å². The van der Waals surface area contributed by atoms with Gasteiger partial charge in [0.1, 0.15) is 9.84 Å². The van der Waals surface area contributed by atoms with Gasteiger partial charge in [-0.3, -0.25) is 4.99 Å². The molecule has 2 N–H and O–H groups in total. The largest absolute Gasteiger partial charge is 0.357 e. The van der Waals surface area contributed by atoms with Gasteiger partial charge in [-0.05, 0) is 57.3 Å². The zero-order chi connectivity index (χ0) is 17.8. The summed E-state index contributed by atoms with van der Waals surface area (Å²) in [7, 11) is -2.93. The fraction of sp³-hybridized carbons (Fsp3) is 0.944. The lowest BCUT2D eigenvalue weighted by Crippen LogP contribution is -2.45. The quantitative estimate of drug-likeness (QED) is 0.543. The summed E-state index contributed by atoms with van der Waals surface area (Å²) in [6.45, 7) is 8.14. The highest BCUT2D eigenvalue weighted by atomic mass is 32.2. The molecule has 0 unspecified atom stereocenters. The lowest BCUT2D eigenvalue weighted by molar-refractivity contribution is 0.250. The number of aliphatic imine (C=N–C) groups is 1. The maximum Gasteiger partial charge on any atom is 0.191 e. The van der Waals surface area contributed by atoms with Gasteiger partial charge in [0, 0.05) is 30.8 Å². The van der Waals surface area contributed by atoms with Gasteiger partial charge in [0.2, 0.25) is 0 Å². The zero-order valence-corrected chi connectivity index (χ0v) is 16.6. The van der Waals surface area contributed by atoms with E-state index < -0.39 is 9.84 Å². The van der Waals surface area contributed by atoms with Crippen LogP contribution in [-0.2, 0) is 9.84 Å². The Labute approximate surface area is 148 Å². The summed E-state index contributed by atoms with van der Waals surface area (Å²) < 4.78 is 23.2. The van der Waals surface area contributed by atoms with Gasteiger partial charge < -0.3 is 10.6 Å². The fourth-order valence-corrected chi connectivity index (χ4v) is 5.26. The topological polar surface area (TPSA) is 70.6 Å². The van der Waals surface area contributed by atoms with Crippen molar-refractivity contribution in [2.75, 3.05) is 25.1 Å². The number of nitrogens with one attached hydrogen (secondary N) is 2. The highest BCUT2D eigenvalue weighted by Gasteiger charge is 2.45. The van der Waals surface area contributed by atoms with Crippen LogP contribution in [0.1, 0.15) is 59.3 Å². The Morgan fingerprint density at radius 3 is 2.29 bits per heavy atom. The highest BCUT2D eigenvalue weighted by molar-refractivity contribution is 7.90. The SMILES string of the molecule is CCNC(=NCC1(CS(C)(=O)=O)CC1)NC1CCC(C(C)C)CC1. The van der Waals surface area contributed by atoms with Crippen LogP contribution < -0.4 is 10.6 Å². The second-order valence-corrected chi connectivity index (χ2v) is 10.4. The molecule has 2 rings (SSSR count). The third-order valence-electron chi connectivity index (χ3n) is 5.50. The molecule has 0 aromatic heterocycles. The second-order valence-electron chi connectivity index (χ2n) is 8.27. The summed E-state index contributed by atoms with van der Waals surface area (Å²) in [4.78, 5) is 4.71. The van der Waals surface area contributed by atoms with Crippen LogP contribution in [0.2, 0.25) is 0 Å². The molecule has 0 aliphatic heterocycles. The van der Waals surface area contributed by atoms with Crippen LogP contribution >= 0.6 is 0 Å². The number of sulfone groups is 1. The maximum atomic E-state index is 11.6. The van der Waals surface area contributed by atoms with Crippen molar-refractivity contribution in [3.8, 4) is 0 Å². The van der Waals surface area contributed by atoms with Crippen molar-refractivity contribution < 1.29 is 8.42 Å². The van der Waals surface area contributed by atoms with E-state index in [9.17, 15) is 8.42 Å². The second kappa shape index (κ2) is 8.07. The predicted molar refractivity (Wildman–Crippen MR) is 101 cm³/mol. The van der Waals surface area contributed by atoms with Crippen molar-refractivity contribution in [1.82, 2.24) is 10.6 Å². The van der Waals surface area contributed by atoms with Crippen LogP contribution in [0, 0.1) is 17.3 Å². The molecule has 2 fully saturated rings. The number of nitrogens with zero attached hydrogens (tertiary/aromatic N) is 1. The summed E-state index contributed by atoms with van der Waals surface area (Å²) in [5.41, 5.74) is -0.106. The van der Waals surface area contributed by atoms with Gasteiger partial charge in [-0.2, -0.15) is 0 Å². The molecule has 140 valence electrons. The number of rotatable bonds is 7. The van der Waals surface area contributed by atoms with E-state index in [1.807, 2.05) is 0 Å². The van der Waals surface area contributed by atoms with Crippen LogP contribution in [0.5, 0.6) is 0 Å². The summed E-state index contributed by atoms with van der Waals surface area (Å²) in [5.74, 6) is 2.75. The van der Waals surface area contributed by atoms with E-state index in [4.69, 9.17) is 4.99 Å². The smallest absolute Gasteiger partial charge is 0.191 e. The van der Waals surface area contributed by atoms with Gasteiger partial charge in [-0.25, -0.2) is 8.42 Å². The first-order valence-corrected chi connectivity index (χ1v) is 11.5. The van der Waals surface area contributed by atoms with Crippen molar-refractivity contribution in [1.29, 1.82) is 0 Å². The minimum Gasteiger partial charge on any atom is -0.357 e. The molecule has 0 saturated heterocycles. The number of hydrogen-bond donors (Lipinski definition) is 2. The Kier molecular flexibility index (Phi) is 6.57. The van der Waals surface area contributed by atoms with Crippen LogP contribution in [0.3, 0.4) is 0 Å². The van der Waals surface area contributed by atoms with Gasteiger partial charge in [0.25, 0.3) is 0 Å². The van der Waals surface area contributed by atoms with Crippen molar-refractivity contribution in [2.45, 2.75) is 65.3 Å². The van der Waals surface area contributed by atoms with E-state index in [0.29, 0.717) is 12.6 Å². The summed E-state index contributed by atoms with van der Waals surface area (Å²) in [6.07, 6.45) is 8.24. The first-order chi connectivity index (χ1) is 11.2. The molecular weight excluding hydrogens is 322 g/mol. The fourth-order valence-electron chi connectivity index (χ4n) is 3.77. The van der Waals surface area contributed by atoms with Crippen molar-refractivity contribution >= 4 is 15.8 Å². The average molecular weight is 358 g/mol. The van der Waals surface area contributed by atoms with Gasteiger partial charge >= 0.3 is 0 Å². The number of guanidine groups is 1. The molecule has 2 aliphatic rings. The van der Waals surface area contributed by atoms with Crippen molar-refractivity contribution in [3.05, 3.63) is 0 Å². The Morgan fingerprint density at radius 2 is 1.83 bits per heavy atom. The van der Waals surface area contributed by atoms with Gasteiger partial charge in [0.15, 0.2) is 5.96 Å². The monoisotopic (exact) mass is 357 g/mol. The molecule has 0 bridgehead atoms. The van der Waals surface area contributed by atoms with Gasteiger partial charge in [-0.15, -0.1) is 0 Å². The molecule has 0 spiro atoms. The van der Waals surface area contributed by atoms with E-state index in [0.717, 1.165) is 37.2 Å². The summed E-state index contributed by atoms with van der Waals surface area (Å²) >= 11 is 0. The standard InChI is InChI=1S/C18H35N3O2S/c1-5-19-17(20-12-18(10-11-18)13-24(4,22)23)21-16-8-6-15(7-9-16)14(2)3/h14-16H,5-13H2,1-4H3,(H2,19,20,21). The molecule has 0 amide bonds. The molecule has 0 atom stereocenters. The predicted octanol–water partition coefficient (Wildman–Crippen LogP) is 2.58. The summed E-state index contributed by atoms with van der Waals surface area (Å²) in [6, 6.07) is 0.489. The Balaban J connectivity index is 1.88. The lowest BCUT2D eigenvalue weighted by Gasteiger charge is -2.32. The normalized spacial score (nSPS) is 27.1. The Bertz CT molecular complexity index is 530.